The van der Waals surface area contributed by atoms with E-state index < -0.39 is 5.25 Å². The first-order chi connectivity index (χ1) is 12.0. The molecule has 0 aliphatic heterocycles. The Balaban J connectivity index is 1.86. The summed E-state index contributed by atoms with van der Waals surface area (Å²) in [4.78, 5) is 29.5. The first kappa shape index (κ1) is 17.2. The molecule has 0 spiro atoms. The van der Waals surface area contributed by atoms with Gasteiger partial charge in [-0.15, -0.1) is 0 Å². The van der Waals surface area contributed by atoms with Crippen molar-refractivity contribution >= 4 is 34.5 Å². The lowest BCUT2D eigenvalue weighted by atomic mass is 10.2. The van der Waals surface area contributed by atoms with Crippen molar-refractivity contribution in [2.75, 3.05) is 5.32 Å². The van der Waals surface area contributed by atoms with Crippen LogP contribution in [0.3, 0.4) is 0 Å². The minimum Gasteiger partial charge on any atom is -0.338 e. The summed E-state index contributed by atoms with van der Waals surface area (Å²) in [6.07, 6.45) is 0. The number of fused-ring (bicyclic) bond motifs is 1. The van der Waals surface area contributed by atoms with Crippen LogP contribution in [0.4, 0.5) is 5.88 Å². The van der Waals surface area contributed by atoms with Gasteiger partial charge < -0.3 is 4.52 Å². The van der Waals surface area contributed by atoms with Crippen LogP contribution in [0.2, 0.25) is 0 Å². The lowest BCUT2D eigenvalue weighted by Crippen LogP contribution is -2.26. The van der Waals surface area contributed by atoms with Gasteiger partial charge in [-0.2, -0.15) is 0 Å². The standard InChI is InChI=1S/C17H18N4O3S/c1-4-21-16(23)12-7-5-6-8-13(12)18-17(21)25-11(3)15(22)19-14-9-10(2)20-24-14/h5-9,11H,4H2,1-3H3,(H,19,22). The van der Waals surface area contributed by atoms with Crippen molar-refractivity contribution in [2.24, 2.45) is 0 Å². The molecule has 1 N–H and O–H groups in total. The normalized spacial score (nSPS) is 12.3. The van der Waals surface area contributed by atoms with Crippen LogP contribution in [0.1, 0.15) is 19.5 Å². The van der Waals surface area contributed by atoms with E-state index >= 15 is 0 Å². The Morgan fingerprint density at radius 3 is 2.84 bits per heavy atom. The number of hydrogen-bond acceptors (Lipinski definition) is 6. The number of aromatic nitrogens is 3. The summed E-state index contributed by atoms with van der Waals surface area (Å²) >= 11 is 1.24. The number of aryl methyl sites for hydroxylation is 1. The van der Waals surface area contributed by atoms with E-state index in [1.54, 1.807) is 36.6 Å². The highest BCUT2D eigenvalue weighted by molar-refractivity contribution is 8.00. The number of benzene rings is 1. The van der Waals surface area contributed by atoms with E-state index in [4.69, 9.17) is 4.52 Å². The zero-order valence-electron chi connectivity index (χ0n) is 14.1. The van der Waals surface area contributed by atoms with Crippen molar-refractivity contribution in [3.63, 3.8) is 0 Å². The summed E-state index contributed by atoms with van der Waals surface area (Å²) in [5, 5.41) is 7.03. The van der Waals surface area contributed by atoms with Crippen LogP contribution in [0.15, 0.2) is 44.8 Å². The van der Waals surface area contributed by atoms with Gasteiger partial charge in [0, 0.05) is 12.6 Å². The van der Waals surface area contributed by atoms with Crippen LogP contribution in [0.5, 0.6) is 0 Å². The van der Waals surface area contributed by atoms with Crippen LogP contribution in [-0.2, 0) is 11.3 Å². The van der Waals surface area contributed by atoms with Crippen molar-refractivity contribution < 1.29 is 9.32 Å². The fraction of sp³-hybridized carbons (Fsp3) is 0.294. The Hall–Kier alpha value is -2.61. The summed E-state index contributed by atoms with van der Waals surface area (Å²) in [7, 11) is 0. The van der Waals surface area contributed by atoms with Gasteiger partial charge >= 0.3 is 0 Å². The van der Waals surface area contributed by atoms with Gasteiger partial charge in [-0.25, -0.2) is 4.98 Å². The minimum absolute atomic E-state index is 0.103. The van der Waals surface area contributed by atoms with E-state index in [0.717, 1.165) is 0 Å². The number of anilines is 1. The summed E-state index contributed by atoms with van der Waals surface area (Å²) < 4.78 is 6.57. The predicted molar refractivity (Wildman–Crippen MR) is 96.9 cm³/mol. The third-order valence-electron chi connectivity index (χ3n) is 3.67. The molecule has 3 aromatic rings. The molecule has 25 heavy (non-hydrogen) atoms. The molecule has 1 aromatic carbocycles. The Bertz CT molecular complexity index is 979. The maximum Gasteiger partial charge on any atom is 0.262 e. The zero-order chi connectivity index (χ0) is 18.0. The fourth-order valence-corrected chi connectivity index (χ4v) is 3.35. The molecule has 1 atom stereocenters. The summed E-state index contributed by atoms with van der Waals surface area (Å²) in [5.41, 5.74) is 1.21. The van der Waals surface area contributed by atoms with Gasteiger partial charge in [0.25, 0.3) is 5.56 Å². The van der Waals surface area contributed by atoms with E-state index in [1.165, 1.54) is 11.8 Å². The molecule has 2 heterocycles. The van der Waals surface area contributed by atoms with Crippen molar-refractivity contribution in [1.29, 1.82) is 0 Å². The van der Waals surface area contributed by atoms with E-state index in [0.29, 0.717) is 34.2 Å². The maximum atomic E-state index is 12.6. The Labute approximate surface area is 148 Å². The second-order valence-corrected chi connectivity index (χ2v) is 6.85. The topological polar surface area (TPSA) is 90.0 Å². The average molecular weight is 358 g/mol. The van der Waals surface area contributed by atoms with Crippen LogP contribution >= 0.6 is 11.8 Å². The van der Waals surface area contributed by atoms with Gasteiger partial charge in [0.2, 0.25) is 11.8 Å². The number of thioether (sulfide) groups is 1. The molecule has 0 saturated heterocycles. The highest BCUT2D eigenvalue weighted by Gasteiger charge is 2.20. The fourth-order valence-electron chi connectivity index (χ4n) is 2.37. The van der Waals surface area contributed by atoms with Crippen molar-refractivity contribution in [1.82, 2.24) is 14.7 Å². The molecular weight excluding hydrogens is 340 g/mol. The molecule has 0 aliphatic rings. The summed E-state index contributed by atoms with van der Waals surface area (Å²) in [6, 6.07) is 8.84. The lowest BCUT2D eigenvalue weighted by molar-refractivity contribution is -0.115. The monoisotopic (exact) mass is 358 g/mol. The van der Waals surface area contributed by atoms with Crippen molar-refractivity contribution in [3.05, 3.63) is 46.4 Å². The van der Waals surface area contributed by atoms with Gasteiger partial charge in [-0.1, -0.05) is 29.1 Å². The van der Waals surface area contributed by atoms with Crippen molar-refractivity contribution in [3.8, 4) is 0 Å². The van der Waals surface area contributed by atoms with E-state index in [-0.39, 0.29) is 11.5 Å². The molecule has 0 fully saturated rings. The third-order valence-corrected chi connectivity index (χ3v) is 4.76. The molecule has 1 amide bonds. The molecule has 7 nitrogen and oxygen atoms in total. The Morgan fingerprint density at radius 2 is 2.16 bits per heavy atom. The number of rotatable bonds is 5. The smallest absolute Gasteiger partial charge is 0.262 e. The lowest BCUT2D eigenvalue weighted by Gasteiger charge is -2.14. The maximum absolute atomic E-state index is 12.6. The Kier molecular flexibility index (Phi) is 4.89. The number of hydrogen-bond donors (Lipinski definition) is 1. The van der Waals surface area contributed by atoms with Gasteiger partial charge in [0.1, 0.15) is 0 Å². The molecule has 2 aromatic heterocycles. The SMILES string of the molecule is CCn1c(SC(C)C(=O)Nc2cc(C)no2)nc2ccccc2c1=O. The first-order valence-electron chi connectivity index (χ1n) is 7.90. The Morgan fingerprint density at radius 1 is 1.40 bits per heavy atom. The molecule has 8 heteroatoms. The predicted octanol–water partition coefficient (Wildman–Crippen LogP) is 2.83. The molecule has 3 rings (SSSR count). The second kappa shape index (κ2) is 7.10. The van der Waals surface area contributed by atoms with Crippen LogP contribution in [0.25, 0.3) is 10.9 Å². The average Bonchev–Trinajstić information content (AvgIpc) is 3.00. The largest absolute Gasteiger partial charge is 0.338 e. The van der Waals surface area contributed by atoms with Gasteiger partial charge in [0.05, 0.1) is 21.8 Å². The number of nitrogens with one attached hydrogen (secondary N) is 1. The number of para-hydroxylation sites is 1. The zero-order valence-corrected chi connectivity index (χ0v) is 15.0. The van der Waals surface area contributed by atoms with Crippen LogP contribution < -0.4 is 10.9 Å². The number of amides is 1. The summed E-state index contributed by atoms with van der Waals surface area (Å²) in [6.45, 7) is 5.89. The highest BCUT2D eigenvalue weighted by atomic mass is 32.2. The molecule has 130 valence electrons. The highest BCUT2D eigenvalue weighted by Crippen LogP contribution is 2.23. The van der Waals surface area contributed by atoms with Crippen LogP contribution in [0, 0.1) is 6.92 Å². The van der Waals surface area contributed by atoms with Gasteiger partial charge in [-0.05, 0) is 32.9 Å². The summed E-state index contributed by atoms with van der Waals surface area (Å²) in [5.74, 6) is 0.0560. The van der Waals surface area contributed by atoms with E-state index in [9.17, 15) is 9.59 Å². The minimum atomic E-state index is -0.462. The number of carbonyl (C=O) groups is 1. The molecule has 0 bridgehead atoms. The molecule has 0 saturated carbocycles. The molecular formula is C17H18N4O3S. The molecule has 1 unspecified atom stereocenters. The van der Waals surface area contributed by atoms with E-state index in [2.05, 4.69) is 15.5 Å². The van der Waals surface area contributed by atoms with Crippen LogP contribution in [-0.4, -0.2) is 25.9 Å². The third kappa shape index (κ3) is 3.58. The number of nitrogens with zero attached hydrogens (tertiary/aromatic N) is 3. The molecule has 0 radical (unpaired) electrons. The van der Waals surface area contributed by atoms with Gasteiger partial charge in [0.15, 0.2) is 5.16 Å². The number of carbonyl (C=O) groups excluding carboxylic acids is 1. The van der Waals surface area contributed by atoms with Gasteiger partial charge in [-0.3, -0.25) is 19.5 Å². The van der Waals surface area contributed by atoms with E-state index in [1.807, 2.05) is 19.1 Å². The molecule has 0 aliphatic carbocycles. The quantitative estimate of drug-likeness (QED) is 0.557. The van der Waals surface area contributed by atoms with Crippen molar-refractivity contribution in [2.45, 2.75) is 37.7 Å². The first-order valence-corrected chi connectivity index (χ1v) is 8.78. The second-order valence-electron chi connectivity index (χ2n) is 5.54.